The molecule has 2 aromatic carbocycles. The molecule has 1 aliphatic rings. The highest BCUT2D eigenvalue weighted by Gasteiger charge is 2.25. The van der Waals surface area contributed by atoms with Crippen LogP contribution < -0.4 is 23.7 Å². The van der Waals surface area contributed by atoms with Crippen LogP contribution in [0.1, 0.15) is 52.7 Å². The Bertz CT molecular complexity index is 1740. The van der Waals surface area contributed by atoms with Crippen LogP contribution >= 0.6 is 0 Å². The highest BCUT2D eigenvalue weighted by atomic mass is 16.7. The number of hydrogen-bond donors (Lipinski definition) is 2. The number of aromatic nitrogens is 2. The van der Waals surface area contributed by atoms with E-state index in [1.165, 1.54) is 32.6 Å². The van der Waals surface area contributed by atoms with Crippen molar-refractivity contribution < 1.29 is 48.0 Å². The fourth-order valence-corrected chi connectivity index (χ4v) is 4.93. The van der Waals surface area contributed by atoms with Crippen molar-refractivity contribution in [3.8, 4) is 40.0 Å². The van der Waals surface area contributed by atoms with E-state index in [-0.39, 0.29) is 42.5 Å². The Kier molecular flexibility index (Phi) is 9.51. The Morgan fingerprint density at radius 1 is 1.00 bits per heavy atom. The molecule has 0 unspecified atom stereocenters. The van der Waals surface area contributed by atoms with Crippen LogP contribution in [0.25, 0.3) is 17.2 Å². The molecule has 0 atom stereocenters. The molecule has 12 nitrogen and oxygen atoms in total. The summed E-state index contributed by atoms with van der Waals surface area (Å²) in [5.41, 5.74) is 2.43. The lowest BCUT2D eigenvalue weighted by Gasteiger charge is -2.14. The molecule has 0 bridgehead atoms. The van der Waals surface area contributed by atoms with Gasteiger partial charge in [0.25, 0.3) is 0 Å². The van der Waals surface area contributed by atoms with Gasteiger partial charge < -0.3 is 38.4 Å². The summed E-state index contributed by atoms with van der Waals surface area (Å²) in [6, 6.07) is 11.5. The summed E-state index contributed by atoms with van der Waals surface area (Å²) in [4.78, 5) is 28.7. The number of hydrogen-bond acceptors (Lipinski definition) is 10. The fraction of sp³-hybridized carbons (Fsp3) is 0.273. The molecule has 1 aliphatic heterocycles. The molecule has 0 saturated heterocycles. The predicted molar refractivity (Wildman–Crippen MR) is 161 cm³/mol. The lowest BCUT2D eigenvalue weighted by atomic mass is 9.97. The molecule has 12 heteroatoms. The van der Waals surface area contributed by atoms with Crippen molar-refractivity contribution in [3.05, 3.63) is 82.4 Å². The number of pyridine rings is 1. The van der Waals surface area contributed by atoms with Gasteiger partial charge in [0.05, 0.1) is 25.3 Å². The van der Waals surface area contributed by atoms with E-state index in [0.29, 0.717) is 57.4 Å². The number of aromatic carboxylic acids is 1. The number of carboxylic acids is 2. The third kappa shape index (κ3) is 6.85. The van der Waals surface area contributed by atoms with Gasteiger partial charge in [-0.25, -0.2) is 14.6 Å². The number of fused-ring (bicyclic) bond motifs is 1. The Hall–Kier alpha value is -5.52. The molecule has 0 saturated carbocycles. The first-order valence-electron chi connectivity index (χ1n) is 14.2. The summed E-state index contributed by atoms with van der Waals surface area (Å²) >= 11 is 0. The molecule has 0 amide bonds. The summed E-state index contributed by atoms with van der Waals surface area (Å²) in [7, 11) is 2.96. The number of methoxy groups -OCH3 is 2. The number of carboxylic acid groups (broad SMARTS) is 2. The van der Waals surface area contributed by atoms with Gasteiger partial charge in [0.1, 0.15) is 29.6 Å². The minimum Gasteiger partial charge on any atom is -0.496 e. The molecular weight excluding hydrogens is 584 g/mol. The number of nitrogens with zero attached hydrogens (tertiary/aromatic N) is 2. The molecular formula is C33H32N2O10. The average molecular weight is 617 g/mol. The van der Waals surface area contributed by atoms with Crippen molar-refractivity contribution in [2.45, 2.75) is 39.2 Å². The minimum absolute atomic E-state index is 0.0120. The molecule has 0 spiro atoms. The van der Waals surface area contributed by atoms with E-state index in [0.717, 1.165) is 12.8 Å². The summed E-state index contributed by atoms with van der Waals surface area (Å²) < 4.78 is 33.7. The van der Waals surface area contributed by atoms with E-state index >= 15 is 0 Å². The van der Waals surface area contributed by atoms with Crippen LogP contribution in [0.3, 0.4) is 0 Å². The molecule has 4 aromatic rings. The topological polar surface area (TPSA) is 160 Å². The molecule has 2 aromatic heterocycles. The van der Waals surface area contributed by atoms with Crippen molar-refractivity contribution in [2.75, 3.05) is 21.0 Å². The molecule has 0 aliphatic carbocycles. The average Bonchev–Trinajstić information content (AvgIpc) is 3.68. The van der Waals surface area contributed by atoms with Gasteiger partial charge in [-0.2, -0.15) is 0 Å². The quantitative estimate of drug-likeness (QED) is 0.164. The number of aliphatic carboxylic acids is 1. The van der Waals surface area contributed by atoms with Gasteiger partial charge in [-0.15, -0.1) is 0 Å². The van der Waals surface area contributed by atoms with Gasteiger partial charge in [0, 0.05) is 53.4 Å². The van der Waals surface area contributed by atoms with Crippen LogP contribution in [0.4, 0.5) is 0 Å². The second kappa shape index (κ2) is 13.8. The molecule has 45 heavy (non-hydrogen) atoms. The lowest BCUT2D eigenvalue weighted by molar-refractivity contribution is -0.132. The molecule has 234 valence electrons. The standard InChI is InChI=1S/C33H32N2O10/c1-4-5-10-25-31(23-16-34-30(41-3)15-27(23)42-17-19-8-6-7-9-22(19)33(38)39)24(35-45-25)12-21(32(36)37)11-20-13-28-29(44-18-43-28)14-26(20)40-2/h6-9,12-16H,4-5,10-11,17-18H2,1-3H3,(H,36,37)(H,38,39)/b21-12+. The monoisotopic (exact) mass is 616 g/mol. The number of benzene rings is 2. The lowest BCUT2D eigenvalue weighted by Crippen LogP contribution is -2.07. The zero-order valence-electron chi connectivity index (χ0n) is 25.0. The number of unbranched alkanes of at least 4 members (excludes halogenated alkanes) is 1. The highest BCUT2D eigenvalue weighted by Crippen LogP contribution is 2.41. The predicted octanol–water partition coefficient (Wildman–Crippen LogP) is 5.81. The normalized spacial score (nSPS) is 12.2. The van der Waals surface area contributed by atoms with Gasteiger partial charge in [-0.1, -0.05) is 36.7 Å². The molecule has 3 heterocycles. The summed E-state index contributed by atoms with van der Waals surface area (Å²) in [5.74, 6) is 0.348. The van der Waals surface area contributed by atoms with E-state index in [9.17, 15) is 19.8 Å². The van der Waals surface area contributed by atoms with Crippen LogP contribution in [0.2, 0.25) is 0 Å². The van der Waals surface area contributed by atoms with Crippen LogP contribution in [0.15, 0.2) is 58.8 Å². The Morgan fingerprint density at radius 3 is 2.49 bits per heavy atom. The highest BCUT2D eigenvalue weighted by molar-refractivity contribution is 5.94. The van der Waals surface area contributed by atoms with Crippen LogP contribution in [-0.4, -0.2) is 53.3 Å². The first-order chi connectivity index (χ1) is 21.8. The van der Waals surface area contributed by atoms with E-state index in [2.05, 4.69) is 10.1 Å². The van der Waals surface area contributed by atoms with Crippen LogP contribution in [0, 0.1) is 0 Å². The maximum atomic E-state index is 12.5. The van der Waals surface area contributed by atoms with Crippen molar-refractivity contribution >= 4 is 18.0 Å². The number of ether oxygens (including phenoxy) is 5. The Labute approximate surface area is 258 Å². The third-order valence-corrected chi connectivity index (χ3v) is 7.24. The first-order valence-corrected chi connectivity index (χ1v) is 14.2. The van der Waals surface area contributed by atoms with Crippen molar-refractivity contribution in [3.63, 3.8) is 0 Å². The van der Waals surface area contributed by atoms with E-state index in [1.54, 1.807) is 36.4 Å². The smallest absolute Gasteiger partial charge is 0.336 e. The van der Waals surface area contributed by atoms with Crippen molar-refractivity contribution in [1.29, 1.82) is 0 Å². The van der Waals surface area contributed by atoms with E-state index in [1.807, 2.05) is 6.92 Å². The molecule has 2 N–H and O–H groups in total. The first kappa shape index (κ1) is 30.9. The van der Waals surface area contributed by atoms with Crippen LogP contribution in [0.5, 0.6) is 28.9 Å². The molecule has 0 fully saturated rings. The summed E-state index contributed by atoms with van der Waals surface area (Å²) in [5, 5.41) is 24.1. The largest absolute Gasteiger partial charge is 0.496 e. The third-order valence-electron chi connectivity index (χ3n) is 7.24. The van der Waals surface area contributed by atoms with Gasteiger partial charge in [0.2, 0.25) is 12.7 Å². The number of rotatable bonds is 14. The molecule has 5 rings (SSSR count). The zero-order valence-corrected chi connectivity index (χ0v) is 25.0. The second-order valence-corrected chi connectivity index (χ2v) is 10.1. The summed E-state index contributed by atoms with van der Waals surface area (Å²) in [6.07, 6.45) is 5.18. The second-order valence-electron chi connectivity index (χ2n) is 10.1. The minimum atomic E-state index is -1.16. The summed E-state index contributed by atoms with van der Waals surface area (Å²) in [6.45, 7) is 2.05. The maximum absolute atomic E-state index is 12.5. The van der Waals surface area contributed by atoms with Gasteiger partial charge in [-0.3, -0.25) is 0 Å². The SMILES string of the molecule is CCCCc1onc(/C=C(\Cc2cc3c(cc2OC)OCO3)C(=O)O)c1-c1cnc(OC)cc1OCc1ccccc1C(=O)O. The van der Waals surface area contributed by atoms with Crippen LogP contribution in [-0.2, 0) is 24.2 Å². The Morgan fingerprint density at radius 2 is 1.78 bits per heavy atom. The fourth-order valence-electron chi connectivity index (χ4n) is 4.93. The van der Waals surface area contributed by atoms with Crippen molar-refractivity contribution in [2.24, 2.45) is 0 Å². The van der Waals surface area contributed by atoms with E-state index in [4.69, 9.17) is 28.2 Å². The van der Waals surface area contributed by atoms with Gasteiger partial charge in [0.15, 0.2) is 11.5 Å². The van der Waals surface area contributed by atoms with E-state index < -0.39 is 11.9 Å². The maximum Gasteiger partial charge on any atom is 0.336 e. The Balaban J connectivity index is 1.58. The number of carbonyl (C=O) groups is 2. The van der Waals surface area contributed by atoms with Gasteiger partial charge >= 0.3 is 11.9 Å². The number of aryl methyl sites for hydroxylation is 1. The zero-order chi connectivity index (χ0) is 31.9. The van der Waals surface area contributed by atoms with Gasteiger partial charge in [-0.05, 0) is 24.6 Å². The molecule has 0 radical (unpaired) electrons. The van der Waals surface area contributed by atoms with Crippen molar-refractivity contribution in [1.82, 2.24) is 10.1 Å².